The molecule has 1 aliphatic rings. The Morgan fingerprint density at radius 1 is 1.06 bits per heavy atom. The van der Waals surface area contributed by atoms with Gasteiger partial charge in [-0.25, -0.2) is 4.39 Å². The quantitative estimate of drug-likeness (QED) is 0.262. The predicted molar refractivity (Wildman–Crippen MR) is 131 cm³/mol. The van der Waals surface area contributed by atoms with Gasteiger partial charge in [-0.1, -0.05) is 35.9 Å². The van der Waals surface area contributed by atoms with Crippen LogP contribution in [-0.2, 0) is 9.59 Å². The molecule has 1 fully saturated rings. The molecule has 3 aromatic carbocycles. The molecule has 1 heterocycles. The molecule has 0 saturated carbocycles. The van der Waals surface area contributed by atoms with Crippen LogP contribution in [0.15, 0.2) is 72.3 Å². The first-order valence-corrected chi connectivity index (χ1v) is 11.3. The highest BCUT2D eigenvalue weighted by Gasteiger charge is 2.47. The van der Waals surface area contributed by atoms with Crippen molar-refractivity contribution >= 4 is 34.7 Å². The van der Waals surface area contributed by atoms with Crippen LogP contribution in [0.1, 0.15) is 31.0 Å². The molecule has 3 aromatic rings. The lowest BCUT2D eigenvalue weighted by Gasteiger charge is -2.26. The van der Waals surface area contributed by atoms with Gasteiger partial charge in [-0.3, -0.25) is 14.5 Å². The van der Waals surface area contributed by atoms with Gasteiger partial charge in [0.25, 0.3) is 11.7 Å². The van der Waals surface area contributed by atoms with E-state index in [9.17, 15) is 19.1 Å². The monoisotopic (exact) mass is 495 g/mol. The van der Waals surface area contributed by atoms with Crippen LogP contribution in [0.25, 0.3) is 5.76 Å². The number of amides is 1. The third-order valence-electron chi connectivity index (χ3n) is 5.52. The van der Waals surface area contributed by atoms with Crippen molar-refractivity contribution in [3.05, 3.63) is 94.3 Å². The van der Waals surface area contributed by atoms with E-state index < -0.39 is 23.5 Å². The number of nitrogens with zero attached hydrogens (tertiary/aromatic N) is 1. The number of benzene rings is 3. The third-order valence-corrected chi connectivity index (χ3v) is 5.82. The summed E-state index contributed by atoms with van der Waals surface area (Å²) in [5, 5.41) is 11.5. The van der Waals surface area contributed by atoms with Gasteiger partial charge in [0.1, 0.15) is 23.1 Å². The first-order chi connectivity index (χ1) is 16.7. The van der Waals surface area contributed by atoms with E-state index in [2.05, 4.69) is 0 Å². The molecule has 0 bridgehead atoms. The second-order valence-corrected chi connectivity index (χ2v) is 8.64. The third kappa shape index (κ3) is 4.72. The molecule has 0 aliphatic carbocycles. The highest BCUT2D eigenvalue weighted by Crippen LogP contribution is 2.43. The van der Waals surface area contributed by atoms with E-state index in [-0.39, 0.29) is 22.5 Å². The lowest BCUT2D eigenvalue weighted by Crippen LogP contribution is -2.29. The molecular formula is C27H23ClFNO5. The van der Waals surface area contributed by atoms with Crippen LogP contribution in [0.5, 0.6) is 11.5 Å². The summed E-state index contributed by atoms with van der Waals surface area (Å²) in [6.07, 6.45) is -0.1000. The number of carbonyl (C=O) groups is 2. The molecule has 8 heteroatoms. The fraction of sp³-hybridized carbons (Fsp3) is 0.185. The molecule has 1 N–H and O–H groups in total. The van der Waals surface area contributed by atoms with Gasteiger partial charge >= 0.3 is 0 Å². The number of ether oxygens (including phenoxy) is 2. The summed E-state index contributed by atoms with van der Waals surface area (Å²) in [5.41, 5.74) is 0.938. The highest BCUT2D eigenvalue weighted by molar-refractivity contribution is 6.51. The van der Waals surface area contributed by atoms with Crippen molar-refractivity contribution in [1.29, 1.82) is 0 Å². The molecule has 1 unspecified atom stereocenters. The summed E-state index contributed by atoms with van der Waals surface area (Å²) in [5.74, 6) is -1.67. The van der Waals surface area contributed by atoms with Gasteiger partial charge in [-0.2, -0.15) is 0 Å². The largest absolute Gasteiger partial charge is 0.507 e. The Kier molecular flexibility index (Phi) is 6.80. The van der Waals surface area contributed by atoms with Crippen molar-refractivity contribution in [3.63, 3.8) is 0 Å². The van der Waals surface area contributed by atoms with E-state index in [4.69, 9.17) is 21.1 Å². The SMILES string of the molecule is COc1ccc(N2C(=O)C(=O)/C(=C(/O)c3cccc(OC(C)C)c3)C2c2ccc(F)cc2)cc1Cl. The normalized spacial score (nSPS) is 17.2. The van der Waals surface area contributed by atoms with E-state index in [1.165, 1.54) is 42.3 Å². The molecule has 180 valence electrons. The van der Waals surface area contributed by atoms with E-state index in [1.807, 2.05) is 13.8 Å². The van der Waals surface area contributed by atoms with Crippen LogP contribution in [0, 0.1) is 5.82 Å². The van der Waals surface area contributed by atoms with Gasteiger partial charge in [0, 0.05) is 11.3 Å². The molecule has 0 aromatic heterocycles. The molecule has 35 heavy (non-hydrogen) atoms. The van der Waals surface area contributed by atoms with E-state index >= 15 is 0 Å². The second-order valence-electron chi connectivity index (χ2n) is 8.23. The standard InChI is InChI=1S/C27H23ClFNO5/c1-15(2)35-20-6-4-5-17(13-20)25(31)23-24(16-7-9-18(29)10-8-16)30(27(33)26(23)32)19-11-12-22(34-3)21(28)14-19/h4-15,24,31H,1-3H3/b25-23+. The highest BCUT2D eigenvalue weighted by atomic mass is 35.5. The minimum absolute atomic E-state index is 0.1000. The van der Waals surface area contributed by atoms with Crippen LogP contribution in [-0.4, -0.2) is 30.0 Å². The van der Waals surface area contributed by atoms with Crippen LogP contribution >= 0.6 is 11.6 Å². The molecule has 0 radical (unpaired) electrons. The smallest absolute Gasteiger partial charge is 0.300 e. The van der Waals surface area contributed by atoms with Crippen molar-refractivity contribution in [1.82, 2.24) is 0 Å². The number of rotatable bonds is 6. The lowest BCUT2D eigenvalue weighted by atomic mass is 9.95. The van der Waals surface area contributed by atoms with Crippen molar-refractivity contribution in [2.75, 3.05) is 12.0 Å². The van der Waals surface area contributed by atoms with E-state index in [0.29, 0.717) is 28.3 Å². The maximum atomic E-state index is 13.7. The van der Waals surface area contributed by atoms with Gasteiger partial charge in [0.05, 0.1) is 29.9 Å². The number of methoxy groups -OCH3 is 1. The molecule has 6 nitrogen and oxygen atoms in total. The number of Topliss-reactive ketones (excluding diaryl/α,β-unsaturated/α-hetero) is 1. The molecule has 1 saturated heterocycles. The van der Waals surface area contributed by atoms with Crippen molar-refractivity contribution < 1.29 is 28.6 Å². The fourth-order valence-corrected chi connectivity index (χ4v) is 4.26. The fourth-order valence-electron chi connectivity index (χ4n) is 4.01. The number of ketones is 1. The summed E-state index contributed by atoms with van der Waals surface area (Å²) in [4.78, 5) is 27.7. The molecular weight excluding hydrogens is 473 g/mol. The van der Waals surface area contributed by atoms with Gasteiger partial charge in [-0.05, 0) is 61.9 Å². The van der Waals surface area contributed by atoms with E-state index in [0.717, 1.165) is 0 Å². The molecule has 1 aliphatic heterocycles. The number of aliphatic hydroxyl groups is 1. The predicted octanol–water partition coefficient (Wildman–Crippen LogP) is 5.90. The van der Waals surface area contributed by atoms with Crippen LogP contribution in [0.4, 0.5) is 10.1 Å². The number of anilines is 1. The zero-order valence-corrected chi connectivity index (χ0v) is 20.0. The van der Waals surface area contributed by atoms with Gasteiger partial charge in [0.2, 0.25) is 0 Å². The Balaban J connectivity index is 1.90. The Bertz CT molecular complexity index is 1320. The van der Waals surface area contributed by atoms with E-state index in [1.54, 1.807) is 36.4 Å². The summed E-state index contributed by atoms with van der Waals surface area (Å²) in [7, 11) is 1.46. The number of carbonyl (C=O) groups excluding carboxylic acids is 2. The van der Waals surface area contributed by atoms with Crippen LogP contribution in [0.2, 0.25) is 5.02 Å². The first-order valence-electron chi connectivity index (χ1n) is 10.9. The van der Waals surface area contributed by atoms with Gasteiger partial charge in [-0.15, -0.1) is 0 Å². The zero-order valence-electron chi connectivity index (χ0n) is 19.3. The molecule has 1 amide bonds. The topological polar surface area (TPSA) is 76.1 Å². The second kappa shape index (κ2) is 9.80. The summed E-state index contributed by atoms with van der Waals surface area (Å²) in [6, 6.07) is 15.7. The lowest BCUT2D eigenvalue weighted by molar-refractivity contribution is -0.132. The average Bonchev–Trinajstić information content (AvgIpc) is 3.09. The van der Waals surface area contributed by atoms with Gasteiger partial charge < -0.3 is 14.6 Å². The Morgan fingerprint density at radius 3 is 2.40 bits per heavy atom. The number of halogens is 2. The number of hydrogen-bond donors (Lipinski definition) is 1. The van der Waals surface area contributed by atoms with Crippen LogP contribution in [0.3, 0.4) is 0 Å². The summed E-state index contributed by atoms with van der Waals surface area (Å²) < 4.78 is 24.6. The number of aliphatic hydroxyl groups excluding tert-OH is 1. The molecule has 0 spiro atoms. The minimum atomic E-state index is -1.02. The van der Waals surface area contributed by atoms with Crippen LogP contribution < -0.4 is 14.4 Å². The molecule has 4 rings (SSSR count). The van der Waals surface area contributed by atoms with Crippen molar-refractivity contribution in [2.45, 2.75) is 26.0 Å². The maximum absolute atomic E-state index is 13.7. The molecule has 1 atom stereocenters. The Hall–Kier alpha value is -3.84. The summed E-state index contributed by atoms with van der Waals surface area (Å²) in [6.45, 7) is 3.74. The van der Waals surface area contributed by atoms with Crippen molar-refractivity contribution in [3.8, 4) is 11.5 Å². The zero-order chi connectivity index (χ0) is 25.3. The first kappa shape index (κ1) is 24.3. The van der Waals surface area contributed by atoms with Gasteiger partial charge in [0.15, 0.2) is 0 Å². The Morgan fingerprint density at radius 2 is 1.77 bits per heavy atom. The number of hydrogen-bond acceptors (Lipinski definition) is 5. The minimum Gasteiger partial charge on any atom is -0.507 e. The summed E-state index contributed by atoms with van der Waals surface area (Å²) >= 11 is 6.29. The van der Waals surface area contributed by atoms with Crippen molar-refractivity contribution in [2.24, 2.45) is 0 Å². The average molecular weight is 496 g/mol. The maximum Gasteiger partial charge on any atom is 0.300 e. The Labute approximate surface area is 207 Å².